The summed E-state index contributed by atoms with van der Waals surface area (Å²) in [4.78, 5) is 29.1. The Kier molecular flexibility index (Phi) is 4.96. The molecule has 1 amide bonds. The second kappa shape index (κ2) is 6.99. The Balaban J connectivity index is 2.12. The largest absolute Gasteiger partial charge is 0.312 e. The van der Waals surface area contributed by atoms with Crippen LogP contribution in [0.2, 0.25) is 5.02 Å². The van der Waals surface area contributed by atoms with Crippen LogP contribution in [-0.2, 0) is 11.8 Å². The highest BCUT2D eigenvalue weighted by atomic mass is 35.5. The third kappa shape index (κ3) is 3.21. The van der Waals surface area contributed by atoms with Crippen molar-refractivity contribution in [3.05, 3.63) is 50.8 Å². The van der Waals surface area contributed by atoms with Gasteiger partial charge in [-0.1, -0.05) is 42.4 Å². The van der Waals surface area contributed by atoms with Crippen LogP contribution in [0.25, 0.3) is 0 Å². The van der Waals surface area contributed by atoms with Crippen molar-refractivity contribution in [2.24, 2.45) is 7.05 Å². The molecule has 1 aliphatic rings. The summed E-state index contributed by atoms with van der Waals surface area (Å²) < 4.78 is 1.80. The quantitative estimate of drug-likeness (QED) is 0.667. The molecule has 1 atom stereocenters. The fourth-order valence-electron chi connectivity index (χ4n) is 2.84. The van der Waals surface area contributed by atoms with Crippen LogP contribution < -0.4 is 10.9 Å². The number of amides is 1. The Bertz CT molecular complexity index is 833. The zero-order valence-corrected chi connectivity index (χ0v) is 15.1. The molecule has 1 aromatic heterocycles. The first-order valence-corrected chi connectivity index (χ1v) is 9.16. The van der Waals surface area contributed by atoms with Crippen LogP contribution in [-0.4, -0.2) is 21.2 Å². The normalized spacial score (nSPS) is 16.6. The van der Waals surface area contributed by atoms with Gasteiger partial charge in [-0.25, -0.2) is 0 Å². The zero-order valence-electron chi connectivity index (χ0n) is 13.5. The van der Waals surface area contributed by atoms with Crippen molar-refractivity contribution in [3.63, 3.8) is 0 Å². The van der Waals surface area contributed by atoms with Gasteiger partial charge in [0.15, 0.2) is 5.16 Å². The number of anilines is 1. The number of carbonyl (C=O) groups excluding carboxylic acids is 1. The second-order valence-corrected chi connectivity index (χ2v) is 7.22. The third-order valence-corrected chi connectivity index (χ3v) is 5.50. The van der Waals surface area contributed by atoms with Gasteiger partial charge in [-0.2, -0.15) is 4.98 Å². The number of thioether (sulfide) groups is 1. The molecule has 5 nitrogen and oxygen atoms in total. The lowest BCUT2D eigenvalue weighted by Crippen LogP contribution is -2.33. The summed E-state index contributed by atoms with van der Waals surface area (Å²) in [6, 6.07) is 7.25. The molecule has 24 heavy (non-hydrogen) atoms. The Morgan fingerprint density at radius 2 is 2.04 bits per heavy atom. The molecule has 0 saturated carbocycles. The topological polar surface area (TPSA) is 64.0 Å². The number of carbonyl (C=O) groups is 1. The number of hydrogen-bond acceptors (Lipinski definition) is 4. The highest BCUT2D eigenvalue weighted by Crippen LogP contribution is 2.36. The highest BCUT2D eigenvalue weighted by Gasteiger charge is 2.31. The molecule has 0 radical (unpaired) electrons. The molecule has 126 valence electrons. The van der Waals surface area contributed by atoms with Gasteiger partial charge in [0.2, 0.25) is 5.91 Å². The molecule has 0 spiro atoms. The maximum Gasteiger partial charge on any atom is 0.279 e. The first kappa shape index (κ1) is 17.0. The Labute approximate surface area is 149 Å². The summed E-state index contributed by atoms with van der Waals surface area (Å²) in [7, 11) is 1.83. The van der Waals surface area contributed by atoms with Gasteiger partial charge in [0, 0.05) is 30.2 Å². The zero-order chi connectivity index (χ0) is 17.3. The monoisotopic (exact) mass is 363 g/mol. The Morgan fingerprint density at radius 3 is 2.71 bits per heavy atom. The molecule has 1 N–H and O–H groups in total. The lowest BCUT2D eigenvalue weighted by molar-refractivity contribution is -0.116. The van der Waals surface area contributed by atoms with Gasteiger partial charge in [-0.05, 0) is 24.1 Å². The summed E-state index contributed by atoms with van der Waals surface area (Å²) in [5.74, 6) is 1.01. The SMILES string of the molecule is CCCSc1nc(=O)c2c(n1C)NC(=O)C[C@H]2c1ccc(Cl)cc1. The molecule has 1 aliphatic heterocycles. The number of rotatable bonds is 4. The molecule has 0 bridgehead atoms. The maximum absolute atomic E-state index is 12.6. The van der Waals surface area contributed by atoms with E-state index in [0.717, 1.165) is 17.7 Å². The van der Waals surface area contributed by atoms with Crippen molar-refractivity contribution >= 4 is 35.1 Å². The van der Waals surface area contributed by atoms with E-state index in [0.29, 0.717) is 21.6 Å². The van der Waals surface area contributed by atoms with Crippen molar-refractivity contribution in [1.82, 2.24) is 9.55 Å². The van der Waals surface area contributed by atoms with Crippen molar-refractivity contribution in [3.8, 4) is 0 Å². The van der Waals surface area contributed by atoms with Crippen LogP contribution in [0.1, 0.15) is 36.8 Å². The molecule has 1 aromatic carbocycles. The predicted octanol–water partition coefficient (Wildman–Crippen LogP) is 3.41. The summed E-state index contributed by atoms with van der Waals surface area (Å²) in [5.41, 5.74) is 1.16. The molecule has 0 unspecified atom stereocenters. The van der Waals surface area contributed by atoms with E-state index in [4.69, 9.17) is 11.6 Å². The highest BCUT2D eigenvalue weighted by molar-refractivity contribution is 7.99. The van der Waals surface area contributed by atoms with Gasteiger partial charge in [0.1, 0.15) is 5.82 Å². The number of fused-ring (bicyclic) bond motifs is 1. The van der Waals surface area contributed by atoms with Crippen molar-refractivity contribution in [2.75, 3.05) is 11.1 Å². The van der Waals surface area contributed by atoms with E-state index >= 15 is 0 Å². The number of halogens is 1. The van der Waals surface area contributed by atoms with Crippen LogP contribution in [0, 0.1) is 0 Å². The molecule has 2 heterocycles. The summed E-state index contributed by atoms with van der Waals surface area (Å²) in [6.45, 7) is 2.07. The number of nitrogens with zero attached hydrogens (tertiary/aromatic N) is 2. The van der Waals surface area contributed by atoms with Crippen LogP contribution in [0.15, 0.2) is 34.2 Å². The van der Waals surface area contributed by atoms with E-state index in [-0.39, 0.29) is 23.8 Å². The van der Waals surface area contributed by atoms with Crippen LogP contribution in [0.3, 0.4) is 0 Å². The Morgan fingerprint density at radius 1 is 1.33 bits per heavy atom. The molecule has 0 saturated heterocycles. The van der Waals surface area contributed by atoms with Crippen molar-refractivity contribution < 1.29 is 4.79 Å². The van der Waals surface area contributed by atoms with E-state index in [9.17, 15) is 9.59 Å². The molecular formula is C17H18ClN3O2S. The van der Waals surface area contributed by atoms with Crippen LogP contribution in [0.5, 0.6) is 0 Å². The fourth-order valence-corrected chi connectivity index (χ4v) is 3.78. The number of hydrogen-bond donors (Lipinski definition) is 1. The van der Waals surface area contributed by atoms with Gasteiger partial charge in [0.25, 0.3) is 5.56 Å². The second-order valence-electron chi connectivity index (χ2n) is 5.73. The number of benzene rings is 1. The molecule has 0 aliphatic carbocycles. The Hall–Kier alpha value is -1.79. The molecule has 0 fully saturated rings. The maximum atomic E-state index is 12.6. The van der Waals surface area contributed by atoms with E-state index in [1.807, 2.05) is 19.2 Å². The lowest BCUT2D eigenvalue weighted by atomic mass is 9.87. The molecule has 2 aromatic rings. The first-order valence-electron chi connectivity index (χ1n) is 7.80. The fraction of sp³-hybridized carbons (Fsp3) is 0.353. The van der Waals surface area contributed by atoms with Gasteiger partial charge in [0.05, 0.1) is 5.56 Å². The first-order chi connectivity index (χ1) is 11.5. The van der Waals surface area contributed by atoms with E-state index in [1.165, 1.54) is 11.8 Å². The average Bonchev–Trinajstić information content (AvgIpc) is 2.56. The van der Waals surface area contributed by atoms with Gasteiger partial charge < -0.3 is 9.88 Å². The van der Waals surface area contributed by atoms with Crippen LogP contribution >= 0.6 is 23.4 Å². The van der Waals surface area contributed by atoms with Crippen LogP contribution in [0.4, 0.5) is 5.82 Å². The predicted molar refractivity (Wildman–Crippen MR) is 97.0 cm³/mol. The smallest absolute Gasteiger partial charge is 0.279 e. The van der Waals surface area contributed by atoms with Gasteiger partial charge in [-0.3, -0.25) is 9.59 Å². The lowest BCUT2D eigenvalue weighted by Gasteiger charge is -2.27. The van der Waals surface area contributed by atoms with Gasteiger partial charge >= 0.3 is 0 Å². The third-order valence-electron chi connectivity index (χ3n) is 4.01. The number of aromatic nitrogens is 2. The minimum atomic E-state index is -0.303. The van der Waals surface area contributed by atoms with E-state index < -0.39 is 0 Å². The summed E-state index contributed by atoms with van der Waals surface area (Å²) in [5, 5.41) is 4.09. The standard InChI is InChI=1S/C17H18ClN3O2S/c1-3-8-24-17-20-16(23)14-12(10-4-6-11(18)7-5-10)9-13(22)19-15(14)21(17)2/h4-7,12H,3,8-9H2,1-2H3,(H,19,22)/t12-/m0/s1. The molecular weight excluding hydrogens is 346 g/mol. The summed E-state index contributed by atoms with van der Waals surface area (Å²) >= 11 is 7.46. The van der Waals surface area contributed by atoms with E-state index in [1.54, 1.807) is 16.7 Å². The average molecular weight is 364 g/mol. The van der Waals surface area contributed by atoms with Crippen molar-refractivity contribution in [1.29, 1.82) is 0 Å². The van der Waals surface area contributed by atoms with Gasteiger partial charge in [-0.15, -0.1) is 0 Å². The number of nitrogens with one attached hydrogen (secondary N) is 1. The minimum absolute atomic E-state index is 0.102. The minimum Gasteiger partial charge on any atom is -0.312 e. The molecule has 3 rings (SSSR count). The molecule has 7 heteroatoms. The van der Waals surface area contributed by atoms with E-state index in [2.05, 4.69) is 17.2 Å². The van der Waals surface area contributed by atoms with Crippen molar-refractivity contribution in [2.45, 2.75) is 30.8 Å². The summed E-state index contributed by atoms with van der Waals surface area (Å²) in [6.07, 6.45) is 1.21.